The maximum atomic E-state index is 12.0. The third kappa shape index (κ3) is 1.33. The van der Waals surface area contributed by atoms with E-state index in [1.807, 2.05) is 4.90 Å². The Balaban J connectivity index is 1.98. The van der Waals surface area contributed by atoms with Crippen LogP contribution in [0.15, 0.2) is 0 Å². The molecule has 0 aromatic heterocycles. The Morgan fingerprint density at radius 1 is 1.25 bits per heavy atom. The zero-order chi connectivity index (χ0) is 11.3. The van der Waals surface area contributed by atoms with Crippen LogP contribution in [0, 0.1) is 17.8 Å². The molecule has 0 aromatic rings. The fourth-order valence-corrected chi connectivity index (χ4v) is 4.07. The van der Waals surface area contributed by atoms with Crippen LogP contribution in [0.1, 0.15) is 39.0 Å². The molecule has 1 saturated carbocycles. The van der Waals surface area contributed by atoms with Crippen LogP contribution in [0.4, 0.5) is 0 Å². The number of fused-ring (bicyclic) bond motifs is 1. The molecular weight excluding hydrogens is 202 g/mol. The zero-order valence-corrected chi connectivity index (χ0v) is 9.82. The highest BCUT2D eigenvalue weighted by atomic mass is 16.2. The molecule has 3 heterocycles. The summed E-state index contributed by atoms with van der Waals surface area (Å²) in [7, 11) is 0. The SMILES string of the molecule is CC[C@H]1C[C@@H]2C[C@H]3C(=O)CCC(=O)N(C2)[C@@H]13. The first-order chi connectivity index (χ1) is 7.70. The van der Waals surface area contributed by atoms with Crippen molar-refractivity contribution in [2.24, 2.45) is 17.8 Å². The molecule has 0 aromatic carbocycles. The van der Waals surface area contributed by atoms with Gasteiger partial charge >= 0.3 is 0 Å². The molecule has 3 heteroatoms. The fourth-order valence-electron chi connectivity index (χ4n) is 4.07. The molecule has 0 unspecified atom stereocenters. The van der Waals surface area contributed by atoms with E-state index in [4.69, 9.17) is 0 Å². The molecule has 4 aliphatic rings. The van der Waals surface area contributed by atoms with Crippen LogP contribution in [0.25, 0.3) is 0 Å². The zero-order valence-electron chi connectivity index (χ0n) is 9.82. The summed E-state index contributed by atoms with van der Waals surface area (Å²) in [5.74, 6) is 1.91. The molecule has 3 saturated heterocycles. The van der Waals surface area contributed by atoms with Gasteiger partial charge in [-0.3, -0.25) is 9.59 Å². The second-order valence-corrected chi connectivity index (χ2v) is 5.62. The van der Waals surface area contributed by atoms with E-state index in [1.54, 1.807) is 0 Å². The molecule has 16 heavy (non-hydrogen) atoms. The second kappa shape index (κ2) is 3.57. The van der Waals surface area contributed by atoms with Crippen LogP contribution in [0.3, 0.4) is 0 Å². The number of rotatable bonds is 1. The van der Waals surface area contributed by atoms with Crippen LogP contribution >= 0.6 is 0 Å². The lowest BCUT2D eigenvalue weighted by Crippen LogP contribution is -2.59. The highest BCUT2D eigenvalue weighted by Gasteiger charge is 2.51. The van der Waals surface area contributed by atoms with Gasteiger partial charge in [-0.15, -0.1) is 0 Å². The highest BCUT2D eigenvalue weighted by Crippen LogP contribution is 2.46. The van der Waals surface area contributed by atoms with Gasteiger partial charge in [0.05, 0.1) is 0 Å². The van der Waals surface area contributed by atoms with Crippen molar-refractivity contribution in [1.82, 2.24) is 4.90 Å². The summed E-state index contributed by atoms with van der Waals surface area (Å²) in [6.45, 7) is 3.11. The Labute approximate surface area is 96.2 Å². The summed E-state index contributed by atoms with van der Waals surface area (Å²) < 4.78 is 0. The molecule has 0 spiro atoms. The maximum Gasteiger partial charge on any atom is 0.223 e. The van der Waals surface area contributed by atoms with Crippen molar-refractivity contribution in [3.8, 4) is 0 Å². The third-order valence-electron chi connectivity index (χ3n) is 4.78. The summed E-state index contributed by atoms with van der Waals surface area (Å²) >= 11 is 0. The minimum absolute atomic E-state index is 0.170. The van der Waals surface area contributed by atoms with Crippen molar-refractivity contribution in [2.45, 2.75) is 45.1 Å². The smallest absolute Gasteiger partial charge is 0.223 e. The number of nitrogens with zero attached hydrogens (tertiary/aromatic N) is 1. The van der Waals surface area contributed by atoms with Crippen molar-refractivity contribution in [3.05, 3.63) is 0 Å². The monoisotopic (exact) mass is 221 g/mol. The number of carbonyl (C=O) groups is 2. The van der Waals surface area contributed by atoms with E-state index in [2.05, 4.69) is 6.92 Å². The number of hydrogen-bond acceptors (Lipinski definition) is 2. The lowest BCUT2D eigenvalue weighted by Gasteiger charge is -2.52. The minimum Gasteiger partial charge on any atom is -0.338 e. The first-order valence-electron chi connectivity index (χ1n) is 6.53. The van der Waals surface area contributed by atoms with Crippen molar-refractivity contribution >= 4 is 11.7 Å². The molecule has 4 atom stereocenters. The van der Waals surface area contributed by atoms with E-state index in [0.29, 0.717) is 30.5 Å². The van der Waals surface area contributed by atoms with Crippen molar-refractivity contribution < 1.29 is 9.59 Å². The molecule has 1 aliphatic carbocycles. The normalized spacial score (nSPS) is 42.4. The van der Waals surface area contributed by atoms with Crippen LogP contribution in [0.2, 0.25) is 0 Å². The number of carbonyl (C=O) groups excluding carboxylic acids is 2. The van der Waals surface area contributed by atoms with Crippen LogP contribution in [0.5, 0.6) is 0 Å². The number of Topliss-reactive ketones (excluding diaryl/α,β-unsaturated/α-hetero) is 1. The van der Waals surface area contributed by atoms with Crippen LogP contribution in [-0.2, 0) is 9.59 Å². The predicted octanol–water partition coefficient (Wildman–Crippen LogP) is 1.61. The first-order valence-corrected chi connectivity index (χ1v) is 6.53. The summed E-state index contributed by atoms with van der Waals surface area (Å²) in [4.78, 5) is 26.1. The number of ketones is 1. The van der Waals surface area contributed by atoms with E-state index in [1.165, 1.54) is 6.42 Å². The molecule has 0 N–H and O–H groups in total. The van der Waals surface area contributed by atoms with E-state index in [-0.39, 0.29) is 17.9 Å². The average molecular weight is 221 g/mol. The molecular formula is C13H19NO2. The van der Waals surface area contributed by atoms with E-state index in [9.17, 15) is 9.59 Å². The molecule has 4 rings (SSSR count). The van der Waals surface area contributed by atoms with Gasteiger partial charge in [0, 0.05) is 31.3 Å². The Hall–Kier alpha value is -0.860. The fraction of sp³-hybridized carbons (Fsp3) is 0.846. The summed E-state index contributed by atoms with van der Waals surface area (Å²) in [5, 5.41) is 0. The number of hydrogen-bond donors (Lipinski definition) is 0. The molecule has 3 aliphatic heterocycles. The molecule has 3 nitrogen and oxygen atoms in total. The molecule has 0 radical (unpaired) electrons. The van der Waals surface area contributed by atoms with Gasteiger partial charge in [-0.1, -0.05) is 13.3 Å². The van der Waals surface area contributed by atoms with Crippen molar-refractivity contribution in [1.29, 1.82) is 0 Å². The minimum atomic E-state index is 0.170. The van der Waals surface area contributed by atoms with Crippen LogP contribution in [-0.4, -0.2) is 29.2 Å². The Morgan fingerprint density at radius 3 is 2.81 bits per heavy atom. The quantitative estimate of drug-likeness (QED) is 0.674. The summed E-state index contributed by atoms with van der Waals surface area (Å²) in [5.41, 5.74) is 0. The maximum absolute atomic E-state index is 12.0. The number of piperidine rings is 2. The molecule has 4 fully saturated rings. The average Bonchev–Trinajstić information content (AvgIpc) is 2.41. The third-order valence-corrected chi connectivity index (χ3v) is 4.78. The van der Waals surface area contributed by atoms with Gasteiger partial charge in [0.25, 0.3) is 0 Å². The Bertz CT molecular complexity index is 313. The Kier molecular flexibility index (Phi) is 2.30. The van der Waals surface area contributed by atoms with Gasteiger partial charge in [0.1, 0.15) is 5.78 Å². The van der Waals surface area contributed by atoms with E-state index < -0.39 is 0 Å². The number of amides is 1. The predicted molar refractivity (Wildman–Crippen MR) is 59.7 cm³/mol. The van der Waals surface area contributed by atoms with Crippen LogP contribution < -0.4 is 0 Å². The first kappa shape index (κ1) is 10.3. The van der Waals surface area contributed by atoms with Gasteiger partial charge < -0.3 is 4.90 Å². The van der Waals surface area contributed by atoms with E-state index >= 15 is 0 Å². The van der Waals surface area contributed by atoms with Crippen molar-refractivity contribution in [3.63, 3.8) is 0 Å². The lowest BCUT2D eigenvalue weighted by molar-refractivity contribution is -0.145. The largest absolute Gasteiger partial charge is 0.338 e. The standard InChI is InChI=1S/C13H19NO2/c1-2-9-5-8-6-10-11(15)3-4-12(16)14(7-8)13(9)10/h8-10,13H,2-7H2,1H3/t8-,9+,10+,13+/m1/s1. The molecule has 88 valence electrons. The van der Waals surface area contributed by atoms with Gasteiger partial charge in [0.15, 0.2) is 0 Å². The lowest BCUT2D eigenvalue weighted by atomic mass is 9.65. The summed E-state index contributed by atoms with van der Waals surface area (Å²) in [6, 6.07) is 0.248. The Morgan fingerprint density at radius 2 is 2.06 bits per heavy atom. The molecule has 1 amide bonds. The van der Waals surface area contributed by atoms with Gasteiger partial charge in [-0.05, 0) is 24.7 Å². The highest BCUT2D eigenvalue weighted by molar-refractivity contribution is 5.90. The van der Waals surface area contributed by atoms with Crippen molar-refractivity contribution in [2.75, 3.05) is 6.54 Å². The van der Waals surface area contributed by atoms with Gasteiger partial charge in [-0.25, -0.2) is 0 Å². The summed E-state index contributed by atoms with van der Waals surface area (Å²) in [6.07, 6.45) is 4.32. The second-order valence-electron chi connectivity index (χ2n) is 5.62. The molecule has 4 bridgehead atoms. The van der Waals surface area contributed by atoms with Gasteiger partial charge in [-0.2, -0.15) is 0 Å². The van der Waals surface area contributed by atoms with Gasteiger partial charge in [0.2, 0.25) is 5.91 Å². The van der Waals surface area contributed by atoms with E-state index in [0.717, 1.165) is 19.4 Å². The topological polar surface area (TPSA) is 37.4 Å².